The van der Waals surface area contributed by atoms with Crippen molar-refractivity contribution in [2.45, 2.75) is 12.5 Å². The van der Waals surface area contributed by atoms with Gasteiger partial charge in [-0.3, -0.25) is 5.10 Å². The molecule has 0 spiro atoms. The molecular weight excluding hydrogens is 290 g/mol. The van der Waals surface area contributed by atoms with E-state index < -0.39 is 0 Å². The number of hydrogen-bond acceptors (Lipinski definition) is 4. The molecule has 0 bridgehead atoms. The van der Waals surface area contributed by atoms with Gasteiger partial charge in [-0.15, -0.1) is 0 Å². The van der Waals surface area contributed by atoms with Crippen LogP contribution in [0.3, 0.4) is 0 Å². The van der Waals surface area contributed by atoms with Crippen LogP contribution in [0.15, 0.2) is 30.3 Å². The zero-order valence-electron chi connectivity index (χ0n) is 11.6. The predicted octanol–water partition coefficient (Wildman–Crippen LogP) is 2.35. The first-order valence-electron chi connectivity index (χ1n) is 7.06. The summed E-state index contributed by atoms with van der Waals surface area (Å²) in [6, 6.07) is 9.44. The number of halogens is 1. The molecule has 3 rings (SSSR count). The Kier molecular flexibility index (Phi) is 4.75. The van der Waals surface area contributed by atoms with Crippen LogP contribution in [0, 0.1) is 0 Å². The topological polar surface area (TPSA) is 59.2 Å². The van der Waals surface area contributed by atoms with Gasteiger partial charge in [0, 0.05) is 30.2 Å². The molecule has 2 aromatic rings. The zero-order chi connectivity index (χ0) is 14.5. The molecule has 1 aliphatic heterocycles. The molecule has 0 aliphatic carbocycles. The lowest BCUT2D eigenvalue weighted by atomic mass is 10.2. The first-order valence-corrected chi connectivity index (χ1v) is 7.44. The molecule has 2 N–H and O–H groups in total. The molecular formula is C15H18ClN3O2. The third-order valence-corrected chi connectivity index (χ3v) is 3.58. The van der Waals surface area contributed by atoms with E-state index >= 15 is 0 Å². The van der Waals surface area contributed by atoms with E-state index in [2.05, 4.69) is 15.5 Å². The number of nitrogens with zero attached hydrogens (tertiary/aromatic N) is 1. The Morgan fingerprint density at radius 1 is 1.38 bits per heavy atom. The third-order valence-electron chi connectivity index (χ3n) is 3.34. The minimum Gasteiger partial charge on any atom is -0.493 e. The van der Waals surface area contributed by atoms with Gasteiger partial charge in [0.25, 0.3) is 0 Å². The van der Waals surface area contributed by atoms with Crippen molar-refractivity contribution >= 4 is 11.6 Å². The Morgan fingerprint density at radius 3 is 3.14 bits per heavy atom. The van der Waals surface area contributed by atoms with Crippen molar-refractivity contribution in [3.05, 3.63) is 46.7 Å². The van der Waals surface area contributed by atoms with E-state index in [9.17, 15) is 0 Å². The van der Waals surface area contributed by atoms with Crippen LogP contribution >= 0.6 is 11.6 Å². The molecule has 1 unspecified atom stereocenters. The maximum atomic E-state index is 5.91. The average molecular weight is 308 g/mol. The monoisotopic (exact) mass is 307 g/mol. The normalized spacial score (nSPS) is 18.6. The highest BCUT2D eigenvalue weighted by atomic mass is 35.5. The van der Waals surface area contributed by atoms with Crippen molar-refractivity contribution in [3.8, 4) is 5.75 Å². The molecule has 1 atom stereocenters. The fourth-order valence-electron chi connectivity index (χ4n) is 2.26. The largest absolute Gasteiger partial charge is 0.493 e. The molecule has 6 heteroatoms. The number of nitrogens with one attached hydrogen (secondary N) is 2. The fourth-order valence-corrected chi connectivity index (χ4v) is 2.44. The van der Waals surface area contributed by atoms with Gasteiger partial charge in [0.2, 0.25) is 0 Å². The fraction of sp³-hybridized carbons (Fsp3) is 0.400. The number of rotatable bonds is 5. The summed E-state index contributed by atoms with van der Waals surface area (Å²) in [7, 11) is 0. The van der Waals surface area contributed by atoms with Crippen LogP contribution < -0.4 is 10.1 Å². The predicted molar refractivity (Wildman–Crippen MR) is 80.8 cm³/mol. The smallest absolute Gasteiger partial charge is 0.120 e. The summed E-state index contributed by atoms with van der Waals surface area (Å²) >= 11 is 5.91. The highest BCUT2D eigenvalue weighted by molar-refractivity contribution is 6.30. The summed E-state index contributed by atoms with van der Waals surface area (Å²) in [4.78, 5) is 0. The number of benzene rings is 1. The molecule has 0 saturated carbocycles. The summed E-state index contributed by atoms with van der Waals surface area (Å²) in [5, 5.41) is 11.3. The summed E-state index contributed by atoms with van der Waals surface area (Å²) in [5.74, 6) is 0.780. The Hall–Kier alpha value is -1.56. The standard InChI is InChI=1S/C15H18ClN3O2/c16-11-2-1-3-13(8-11)20-6-4-12-9-14(19-18-12)15-10-17-5-7-21-15/h1-3,8-9,15,17H,4-7,10H2,(H,18,19). The number of morpholine rings is 1. The molecule has 1 saturated heterocycles. The van der Waals surface area contributed by atoms with Gasteiger partial charge in [-0.05, 0) is 24.3 Å². The van der Waals surface area contributed by atoms with Crippen LogP contribution in [-0.4, -0.2) is 36.5 Å². The van der Waals surface area contributed by atoms with E-state index in [1.165, 1.54) is 0 Å². The number of H-pyrrole nitrogens is 1. The number of hydrogen-bond donors (Lipinski definition) is 2. The van der Waals surface area contributed by atoms with Crippen LogP contribution in [0.4, 0.5) is 0 Å². The second-order valence-electron chi connectivity index (χ2n) is 4.94. The molecule has 1 aromatic carbocycles. The average Bonchev–Trinajstić information content (AvgIpc) is 2.97. The quantitative estimate of drug-likeness (QED) is 0.890. The number of ether oxygens (including phenoxy) is 2. The molecule has 21 heavy (non-hydrogen) atoms. The van der Waals surface area contributed by atoms with Crippen molar-refractivity contribution in [2.24, 2.45) is 0 Å². The SMILES string of the molecule is Clc1cccc(OCCc2cc(C3CNCCO3)n[nH]2)c1. The maximum absolute atomic E-state index is 5.91. The van der Waals surface area contributed by atoms with E-state index in [4.69, 9.17) is 21.1 Å². The van der Waals surface area contributed by atoms with Crippen molar-refractivity contribution in [3.63, 3.8) is 0 Å². The van der Waals surface area contributed by atoms with E-state index in [0.717, 1.165) is 43.3 Å². The summed E-state index contributed by atoms with van der Waals surface area (Å²) in [5.41, 5.74) is 1.99. The van der Waals surface area contributed by atoms with Crippen molar-refractivity contribution < 1.29 is 9.47 Å². The Balaban J connectivity index is 1.50. The van der Waals surface area contributed by atoms with Gasteiger partial charge >= 0.3 is 0 Å². The van der Waals surface area contributed by atoms with Gasteiger partial charge in [0.1, 0.15) is 11.9 Å². The van der Waals surface area contributed by atoms with E-state index in [0.29, 0.717) is 11.6 Å². The van der Waals surface area contributed by atoms with Gasteiger partial charge in [-0.2, -0.15) is 5.10 Å². The summed E-state index contributed by atoms with van der Waals surface area (Å²) < 4.78 is 11.3. The van der Waals surface area contributed by atoms with Crippen molar-refractivity contribution in [1.29, 1.82) is 0 Å². The van der Waals surface area contributed by atoms with E-state index in [-0.39, 0.29) is 6.10 Å². The number of aromatic amines is 1. The van der Waals surface area contributed by atoms with Gasteiger partial charge < -0.3 is 14.8 Å². The third kappa shape index (κ3) is 3.97. The van der Waals surface area contributed by atoms with Gasteiger partial charge in [0.15, 0.2) is 0 Å². The van der Waals surface area contributed by atoms with Crippen LogP contribution in [0.2, 0.25) is 5.02 Å². The first kappa shape index (κ1) is 14.4. The molecule has 1 aliphatic rings. The lowest BCUT2D eigenvalue weighted by molar-refractivity contribution is 0.0250. The van der Waals surface area contributed by atoms with Crippen LogP contribution in [0.25, 0.3) is 0 Å². The van der Waals surface area contributed by atoms with Crippen molar-refractivity contribution in [2.75, 3.05) is 26.3 Å². The van der Waals surface area contributed by atoms with E-state index in [1.807, 2.05) is 30.3 Å². The van der Waals surface area contributed by atoms with Gasteiger partial charge in [-0.25, -0.2) is 0 Å². The summed E-state index contributed by atoms with van der Waals surface area (Å²) in [6.07, 6.45) is 0.803. The highest BCUT2D eigenvalue weighted by Gasteiger charge is 2.18. The minimum absolute atomic E-state index is 0.0394. The second kappa shape index (κ2) is 6.93. The molecule has 0 amide bonds. The molecule has 1 aromatic heterocycles. The van der Waals surface area contributed by atoms with Crippen LogP contribution in [0.1, 0.15) is 17.5 Å². The molecule has 1 fully saturated rings. The van der Waals surface area contributed by atoms with Gasteiger partial charge in [0.05, 0.1) is 18.9 Å². The number of aromatic nitrogens is 2. The summed E-state index contributed by atoms with van der Waals surface area (Å²) in [6.45, 7) is 3.01. The Morgan fingerprint density at radius 2 is 2.33 bits per heavy atom. The van der Waals surface area contributed by atoms with E-state index in [1.54, 1.807) is 0 Å². The first-order chi connectivity index (χ1) is 10.3. The van der Waals surface area contributed by atoms with Crippen LogP contribution in [-0.2, 0) is 11.2 Å². The second-order valence-corrected chi connectivity index (χ2v) is 5.37. The van der Waals surface area contributed by atoms with Gasteiger partial charge in [-0.1, -0.05) is 17.7 Å². The Labute approximate surface area is 128 Å². The molecule has 0 radical (unpaired) electrons. The minimum atomic E-state index is 0.0394. The molecule has 2 heterocycles. The molecule has 112 valence electrons. The maximum Gasteiger partial charge on any atom is 0.120 e. The lowest BCUT2D eigenvalue weighted by Crippen LogP contribution is -2.33. The Bertz CT molecular complexity index is 582. The highest BCUT2D eigenvalue weighted by Crippen LogP contribution is 2.19. The lowest BCUT2D eigenvalue weighted by Gasteiger charge is -2.21. The van der Waals surface area contributed by atoms with Crippen molar-refractivity contribution in [1.82, 2.24) is 15.5 Å². The molecule has 5 nitrogen and oxygen atoms in total. The van der Waals surface area contributed by atoms with Crippen LogP contribution in [0.5, 0.6) is 5.75 Å². The zero-order valence-corrected chi connectivity index (χ0v) is 12.4.